The van der Waals surface area contributed by atoms with Gasteiger partial charge < -0.3 is 115 Å². The van der Waals surface area contributed by atoms with Gasteiger partial charge in [-0.15, -0.1) is 0 Å². The van der Waals surface area contributed by atoms with Crippen molar-refractivity contribution in [1.29, 1.82) is 0 Å². The first kappa shape index (κ1) is 84.2. The Hall–Kier alpha value is -9.91. The van der Waals surface area contributed by atoms with E-state index in [0.717, 1.165) is 5.56 Å². The normalized spacial score (nSPS) is 14.2. The number of carbonyl (C=O) groups excluding carboxylic acids is 13. The highest BCUT2D eigenvalue weighted by Crippen LogP contribution is 2.11. The smallest absolute Gasteiger partial charge is 0.245 e. The van der Waals surface area contributed by atoms with Crippen LogP contribution in [0, 0.1) is 0 Å². The van der Waals surface area contributed by atoms with Crippen molar-refractivity contribution in [2.24, 2.45) is 55.9 Å². The van der Waals surface area contributed by atoms with Crippen LogP contribution in [0.2, 0.25) is 0 Å². The molecule has 0 aliphatic heterocycles. The summed E-state index contributed by atoms with van der Waals surface area (Å²) in [5, 5.41) is 47.8. The molecule has 0 radical (unpaired) electrons. The number of Topliss-reactive ketones (excluding diaryl/α,β-unsaturated/α-hetero) is 1. The van der Waals surface area contributed by atoms with E-state index in [2.05, 4.69) is 68.5 Å². The molecular weight excluding hydrogens is 1280 g/mol. The van der Waals surface area contributed by atoms with Crippen molar-refractivity contribution in [3.8, 4) is 0 Å². The van der Waals surface area contributed by atoms with Crippen molar-refractivity contribution >= 4 is 88.6 Å². The molecule has 36 nitrogen and oxygen atoms in total. The zero-order chi connectivity index (χ0) is 73.3. The molecule has 36 heteroatoms. The minimum Gasteiger partial charge on any atom is -0.394 e. The lowest BCUT2D eigenvalue weighted by atomic mass is 10.0. The fourth-order valence-electron chi connectivity index (χ4n) is 9.34. The first-order valence-corrected chi connectivity index (χ1v) is 32.2. The number of guanidine groups is 2. The predicted octanol–water partition coefficient (Wildman–Crippen LogP) is -7.99. The van der Waals surface area contributed by atoms with E-state index >= 15 is 0 Å². The van der Waals surface area contributed by atoms with Gasteiger partial charge in [-0.25, -0.2) is 0 Å². The summed E-state index contributed by atoms with van der Waals surface area (Å²) in [4.78, 5) is 181. The Balaban J connectivity index is 2.18. The molecule has 0 saturated heterocycles. The standard InChI is InChI=1S/C62H101N21O15/c1-35(75-49(88)33-74-60(98)51(37(3)85)83-58(96)45(31-39-18-8-5-9-19-39)77-50(89)32-73-48(87)25-24-47(86)40(65)30-38-16-6-4-7-17-38)53(91)79-44(23-15-29-72-62(69)70)56(94)81-42(21-11-13-27-64)57(95)82-46(34-84)59(97)76-36(2)54(92)80-43(22-14-28-71-61(67)68)55(93)78-41(52(66)90)20-10-12-26-63/h4-9,16-19,35-37,40-46,51,84-85H,10-15,20-34,63-65H2,1-3H3,(H2,66,90)(H,73,87)(H,74,98)(H,75,88)(H,76,97)(H,77,89)(H,78,93)(H,79,91)(H,80,92)(H,81,94)(H,82,95)(H,83,96)(H4,67,68,71)(H4,69,70,72)/t35-,36-,37+,40-,41-,42-,43-,44-,45-,46-,51-/m0/s1. The summed E-state index contributed by atoms with van der Waals surface area (Å²) in [6.45, 7) is 1.80. The molecule has 544 valence electrons. The molecule has 0 heterocycles. The second-order valence-corrected chi connectivity index (χ2v) is 23.2. The number of nitrogens with two attached hydrogens (primary N) is 8. The molecule has 2 aromatic carbocycles. The van der Waals surface area contributed by atoms with Gasteiger partial charge in [-0.3, -0.25) is 72.3 Å². The molecule has 12 amide bonds. The molecule has 2 rings (SSSR count). The number of hydrogen-bond donors (Lipinski definition) is 21. The van der Waals surface area contributed by atoms with E-state index in [0.29, 0.717) is 31.4 Å². The van der Waals surface area contributed by atoms with Gasteiger partial charge in [-0.1, -0.05) is 60.7 Å². The van der Waals surface area contributed by atoms with Gasteiger partial charge in [-0.2, -0.15) is 0 Å². The molecule has 0 aliphatic carbocycles. The lowest BCUT2D eigenvalue weighted by Crippen LogP contribution is -2.60. The number of aliphatic hydroxyl groups is 2. The zero-order valence-corrected chi connectivity index (χ0v) is 55.7. The SMILES string of the molecule is C[C@H](NC(=O)CNC(=O)[C@@H](NC(=O)[C@H](Cc1ccccc1)NC(=O)CNC(=O)CCC(=O)[C@@H](N)Cc1ccccc1)[C@@H](C)O)C(=O)N[C@@H](CCCN=C(N)N)C(=O)N[C@@H](CCCCN)C(=O)N[C@@H](CO)C(=O)N[C@@H](C)C(=O)N[C@@H](CCCN=C(N)N)C(=O)N[C@@H](CCCCN)C(N)=O. The van der Waals surface area contributed by atoms with Gasteiger partial charge in [0.05, 0.1) is 31.8 Å². The fraction of sp³-hybridized carbons (Fsp3) is 0.565. The van der Waals surface area contributed by atoms with E-state index in [1.807, 2.05) is 30.3 Å². The van der Waals surface area contributed by atoms with Crippen molar-refractivity contribution in [3.63, 3.8) is 0 Å². The Kier molecular flexibility index (Phi) is 39.8. The maximum Gasteiger partial charge on any atom is 0.245 e. The largest absolute Gasteiger partial charge is 0.394 e. The maximum absolute atomic E-state index is 14.1. The Labute approximate surface area is 568 Å². The lowest BCUT2D eigenvalue weighted by Gasteiger charge is -2.26. The summed E-state index contributed by atoms with van der Waals surface area (Å²) in [6, 6.07) is 3.72. The molecule has 98 heavy (non-hydrogen) atoms. The summed E-state index contributed by atoms with van der Waals surface area (Å²) >= 11 is 0. The number of hydrogen-bond acceptors (Lipinski definition) is 20. The van der Waals surface area contributed by atoms with Crippen LogP contribution in [0.3, 0.4) is 0 Å². The molecule has 0 saturated carbocycles. The summed E-state index contributed by atoms with van der Waals surface area (Å²) < 4.78 is 0. The van der Waals surface area contributed by atoms with E-state index in [-0.39, 0.29) is 108 Å². The molecule has 0 aliphatic rings. The van der Waals surface area contributed by atoms with Crippen LogP contribution >= 0.6 is 0 Å². The van der Waals surface area contributed by atoms with Gasteiger partial charge in [0.25, 0.3) is 0 Å². The van der Waals surface area contributed by atoms with Crippen LogP contribution < -0.4 is 104 Å². The Bertz CT molecular complexity index is 2990. The highest BCUT2D eigenvalue weighted by molar-refractivity contribution is 5.99. The maximum atomic E-state index is 14.1. The van der Waals surface area contributed by atoms with Crippen LogP contribution in [0.15, 0.2) is 70.6 Å². The van der Waals surface area contributed by atoms with Crippen molar-refractivity contribution in [3.05, 3.63) is 71.8 Å². The van der Waals surface area contributed by atoms with E-state index < -0.39 is 157 Å². The molecule has 0 aromatic heterocycles. The highest BCUT2D eigenvalue weighted by Gasteiger charge is 2.34. The Morgan fingerprint density at radius 1 is 0.429 bits per heavy atom. The minimum absolute atomic E-state index is 0.0231. The van der Waals surface area contributed by atoms with Crippen LogP contribution in [0.5, 0.6) is 0 Å². The minimum atomic E-state index is -1.73. The number of nitrogens with zero attached hydrogens (tertiary/aromatic N) is 2. The van der Waals surface area contributed by atoms with Gasteiger partial charge in [0.15, 0.2) is 11.9 Å². The number of rotatable bonds is 48. The number of primary amides is 1. The molecule has 2 aromatic rings. The molecule has 0 fully saturated rings. The first-order valence-electron chi connectivity index (χ1n) is 32.2. The average molecular weight is 1380 g/mol. The number of amides is 12. The van der Waals surface area contributed by atoms with Crippen molar-refractivity contribution in [2.45, 2.75) is 177 Å². The third-order valence-corrected chi connectivity index (χ3v) is 14.9. The number of nitrogens with one attached hydrogen (secondary N) is 11. The Morgan fingerprint density at radius 3 is 1.31 bits per heavy atom. The van der Waals surface area contributed by atoms with Gasteiger partial charge >= 0.3 is 0 Å². The van der Waals surface area contributed by atoms with Crippen LogP contribution in [-0.2, 0) is 75.2 Å². The number of carbonyl (C=O) groups is 13. The van der Waals surface area contributed by atoms with E-state index in [1.165, 1.54) is 20.8 Å². The molecule has 0 spiro atoms. The monoisotopic (exact) mass is 1380 g/mol. The van der Waals surface area contributed by atoms with Crippen molar-refractivity contribution < 1.29 is 72.5 Å². The topological polar surface area (TPSA) is 628 Å². The van der Waals surface area contributed by atoms with E-state index in [1.54, 1.807) is 30.3 Å². The van der Waals surface area contributed by atoms with Gasteiger partial charge in [0.2, 0.25) is 70.9 Å². The average Bonchev–Trinajstić information content (AvgIpc) is 0.887. The van der Waals surface area contributed by atoms with Crippen LogP contribution in [0.25, 0.3) is 0 Å². The summed E-state index contributed by atoms with van der Waals surface area (Å²) in [5.74, 6) is -11.7. The summed E-state index contributed by atoms with van der Waals surface area (Å²) in [7, 11) is 0. The fourth-order valence-corrected chi connectivity index (χ4v) is 9.34. The molecule has 29 N–H and O–H groups in total. The summed E-state index contributed by atoms with van der Waals surface area (Å²) in [5.41, 5.74) is 46.1. The van der Waals surface area contributed by atoms with Crippen LogP contribution in [-0.4, -0.2) is 211 Å². The second-order valence-electron chi connectivity index (χ2n) is 23.2. The summed E-state index contributed by atoms with van der Waals surface area (Å²) in [6.07, 6.45) is -0.117. The van der Waals surface area contributed by atoms with Crippen molar-refractivity contribution in [1.82, 2.24) is 58.5 Å². The third-order valence-electron chi connectivity index (χ3n) is 14.9. The van der Waals surface area contributed by atoms with Crippen molar-refractivity contribution in [2.75, 3.05) is 45.9 Å². The quantitative estimate of drug-likeness (QED) is 0.0166. The number of ketones is 1. The zero-order valence-electron chi connectivity index (χ0n) is 55.7. The highest BCUT2D eigenvalue weighted by atomic mass is 16.3. The van der Waals surface area contributed by atoms with Gasteiger partial charge in [0.1, 0.15) is 60.2 Å². The van der Waals surface area contributed by atoms with Gasteiger partial charge in [0, 0.05) is 32.4 Å². The van der Waals surface area contributed by atoms with Crippen LogP contribution in [0.4, 0.5) is 0 Å². The van der Waals surface area contributed by atoms with E-state index in [4.69, 9.17) is 45.9 Å². The van der Waals surface area contributed by atoms with Crippen LogP contribution in [0.1, 0.15) is 109 Å². The second kappa shape index (κ2) is 46.3. The van der Waals surface area contributed by atoms with E-state index in [9.17, 15) is 72.5 Å². The number of aliphatic imine (C=N–C) groups is 2. The molecule has 0 bridgehead atoms. The molecular formula is C62H101N21O15. The third kappa shape index (κ3) is 34.2. The number of unbranched alkanes of at least 4 members (excludes halogenated alkanes) is 2. The lowest BCUT2D eigenvalue weighted by molar-refractivity contribution is -0.136. The van der Waals surface area contributed by atoms with Gasteiger partial charge in [-0.05, 0) is 116 Å². The Morgan fingerprint density at radius 2 is 0.837 bits per heavy atom. The number of benzene rings is 2. The predicted molar refractivity (Wildman–Crippen MR) is 361 cm³/mol. The number of aliphatic hydroxyl groups excluding tert-OH is 2. The molecule has 0 unspecified atom stereocenters. The first-order chi connectivity index (χ1) is 46.5. The molecule has 11 atom stereocenters.